The fourth-order valence-corrected chi connectivity index (χ4v) is 3.12. The van der Waals surface area contributed by atoms with Gasteiger partial charge in [-0.1, -0.05) is 29.3 Å². The van der Waals surface area contributed by atoms with E-state index in [-0.39, 0.29) is 27.7 Å². The van der Waals surface area contributed by atoms with Crippen LogP contribution in [0, 0.1) is 0 Å². The fourth-order valence-electron chi connectivity index (χ4n) is 1.54. The Bertz CT molecular complexity index is 710. The van der Waals surface area contributed by atoms with E-state index in [4.69, 9.17) is 4.74 Å². The largest absolute Gasteiger partial charge is 0.426 e. The predicted octanol–water partition coefficient (Wildman–Crippen LogP) is 3.01. The number of nitrogens with zero attached hydrogens (tertiary/aromatic N) is 1. The highest BCUT2D eigenvalue weighted by Crippen LogP contribution is 2.30. The maximum absolute atomic E-state index is 12.2. The van der Waals surface area contributed by atoms with Gasteiger partial charge in [-0.25, -0.2) is 4.98 Å². The molecule has 21 heavy (non-hydrogen) atoms. The molecule has 0 spiro atoms. The molecule has 1 atom stereocenters. The number of anilines is 1. The molecule has 1 aromatic carbocycles. The van der Waals surface area contributed by atoms with Crippen molar-refractivity contribution in [3.63, 3.8) is 0 Å². The molecule has 0 saturated carbocycles. The molecule has 1 amide bonds. The van der Waals surface area contributed by atoms with Crippen LogP contribution in [0.5, 0.6) is 5.75 Å². The highest BCUT2D eigenvalue weighted by molar-refractivity contribution is 8.14. The average molecular weight is 322 g/mol. The third kappa shape index (κ3) is 3.99. The summed E-state index contributed by atoms with van der Waals surface area (Å²) in [4.78, 5) is 27.4. The monoisotopic (exact) mass is 322 g/mol. The summed E-state index contributed by atoms with van der Waals surface area (Å²) >= 11 is 1.38. The highest BCUT2D eigenvalue weighted by atomic mass is 32.2. The molecular formula is C14H14N2O3S2. The molecule has 1 N–H and O–H groups in total. The van der Waals surface area contributed by atoms with Crippen molar-refractivity contribution in [3.05, 3.63) is 36.0 Å². The first-order chi connectivity index (χ1) is 9.97. The molecule has 0 fully saturated rings. The molecule has 0 aliphatic rings. The number of benzene rings is 1. The second kappa shape index (κ2) is 6.64. The van der Waals surface area contributed by atoms with Crippen molar-refractivity contribution >= 4 is 44.7 Å². The van der Waals surface area contributed by atoms with Gasteiger partial charge in [0.05, 0.1) is 16.0 Å². The van der Waals surface area contributed by atoms with Crippen LogP contribution in [0.3, 0.4) is 0 Å². The standard InChI is InChI=1S/C14H14N2O3S2/c1-9(17)19-11-7-5-4-6-10(11)13(18)16-14-15-8-12(20-14)21(2)3/h4-8H,2H2,1,3H3,(H,15,16,18). The molecule has 0 aliphatic carbocycles. The summed E-state index contributed by atoms with van der Waals surface area (Å²) in [6.07, 6.45) is 3.68. The molecule has 1 unspecified atom stereocenters. The van der Waals surface area contributed by atoms with Gasteiger partial charge in [-0.05, 0) is 18.4 Å². The van der Waals surface area contributed by atoms with Crippen molar-refractivity contribution in [2.45, 2.75) is 11.1 Å². The van der Waals surface area contributed by atoms with Crippen LogP contribution in [-0.4, -0.2) is 29.0 Å². The van der Waals surface area contributed by atoms with E-state index in [1.807, 2.05) is 6.26 Å². The van der Waals surface area contributed by atoms with Crippen molar-refractivity contribution in [2.24, 2.45) is 0 Å². The highest BCUT2D eigenvalue weighted by Gasteiger charge is 2.15. The lowest BCUT2D eigenvalue weighted by Crippen LogP contribution is -2.14. The number of ether oxygens (including phenoxy) is 1. The van der Waals surface area contributed by atoms with Gasteiger partial charge < -0.3 is 4.74 Å². The first-order valence-corrected chi connectivity index (χ1v) is 8.59. The third-order valence-corrected chi connectivity index (χ3v) is 5.04. The molecule has 1 heterocycles. The minimum atomic E-state index is -0.473. The molecule has 0 aliphatic heterocycles. The predicted molar refractivity (Wildman–Crippen MR) is 86.7 cm³/mol. The SMILES string of the molecule is C=S(C)c1cnc(NC(=O)c2ccccc2OC(C)=O)s1. The van der Waals surface area contributed by atoms with Gasteiger partial charge in [-0.15, -0.1) is 0 Å². The van der Waals surface area contributed by atoms with Gasteiger partial charge in [0, 0.05) is 6.92 Å². The lowest BCUT2D eigenvalue weighted by molar-refractivity contribution is -0.131. The number of carbonyl (C=O) groups excluding carboxylic acids is 2. The smallest absolute Gasteiger partial charge is 0.308 e. The van der Waals surface area contributed by atoms with Crippen molar-refractivity contribution in [1.29, 1.82) is 0 Å². The summed E-state index contributed by atoms with van der Waals surface area (Å²) in [5, 5.41) is 3.20. The van der Waals surface area contributed by atoms with Gasteiger partial charge in [0.2, 0.25) is 0 Å². The van der Waals surface area contributed by atoms with Crippen LogP contribution in [0.4, 0.5) is 5.13 Å². The first kappa shape index (κ1) is 15.4. The number of para-hydroxylation sites is 1. The Morgan fingerprint density at radius 2 is 2.10 bits per heavy atom. The number of carbonyl (C=O) groups is 2. The molecular weight excluding hydrogens is 308 g/mol. The number of hydrogen-bond donors (Lipinski definition) is 1. The van der Waals surface area contributed by atoms with E-state index in [0.29, 0.717) is 5.13 Å². The van der Waals surface area contributed by atoms with E-state index < -0.39 is 5.97 Å². The van der Waals surface area contributed by atoms with Crippen LogP contribution >= 0.6 is 21.8 Å². The molecule has 1 aromatic heterocycles. The number of amides is 1. The Hall–Kier alpha value is -1.99. The molecule has 2 rings (SSSR count). The zero-order valence-corrected chi connectivity index (χ0v) is 13.2. The summed E-state index contributed by atoms with van der Waals surface area (Å²) in [7, 11) is -0.144. The zero-order valence-electron chi connectivity index (χ0n) is 11.6. The summed E-state index contributed by atoms with van der Waals surface area (Å²) in [5.41, 5.74) is 0.287. The number of rotatable bonds is 4. The van der Waals surface area contributed by atoms with Crippen LogP contribution < -0.4 is 10.1 Å². The number of esters is 1. The Morgan fingerprint density at radius 1 is 1.38 bits per heavy atom. The summed E-state index contributed by atoms with van der Waals surface area (Å²) in [6.45, 7) is 1.29. The maximum atomic E-state index is 12.2. The second-order valence-electron chi connectivity index (χ2n) is 4.17. The summed E-state index contributed by atoms with van der Waals surface area (Å²) < 4.78 is 6.03. The fraction of sp³-hybridized carbons (Fsp3) is 0.143. The second-order valence-corrected chi connectivity index (χ2v) is 7.17. The normalized spacial score (nSPS) is 11.7. The number of nitrogens with one attached hydrogen (secondary N) is 1. The van der Waals surface area contributed by atoms with Crippen molar-refractivity contribution in [2.75, 3.05) is 11.6 Å². The summed E-state index contributed by atoms with van der Waals surface area (Å²) in [5.74, 6) is 3.32. The third-order valence-electron chi connectivity index (χ3n) is 2.43. The van der Waals surface area contributed by atoms with Crippen LogP contribution in [-0.2, 0) is 4.79 Å². The van der Waals surface area contributed by atoms with Crippen molar-refractivity contribution < 1.29 is 14.3 Å². The summed E-state index contributed by atoms with van der Waals surface area (Å²) in [6, 6.07) is 6.56. The minimum absolute atomic E-state index is 0.144. The van der Waals surface area contributed by atoms with E-state index in [2.05, 4.69) is 16.2 Å². The average Bonchev–Trinajstić information content (AvgIpc) is 2.87. The number of hydrogen-bond acceptors (Lipinski definition) is 5. The van der Waals surface area contributed by atoms with Crippen LogP contribution in [0.25, 0.3) is 0 Å². The van der Waals surface area contributed by atoms with Crippen LogP contribution in [0.2, 0.25) is 0 Å². The zero-order chi connectivity index (χ0) is 15.4. The van der Waals surface area contributed by atoms with E-state index in [0.717, 1.165) is 4.21 Å². The van der Waals surface area contributed by atoms with Crippen molar-refractivity contribution in [1.82, 2.24) is 4.98 Å². The van der Waals surface area contributed by atoms with Crippen molar-refractivity contribution in [3.8, 4) is 5.75 Å². The minimum Gasteiger partial charge on any atom is -0.426 e. The number of aromatic nitrogens is 1. The van der Waals surface area contributed by atoms with Gasteiger partial charge >= 0.3 is 5.97 Å². The van der Waals surface area contributed by atoms with Crippen LogP contribution in [0.15, 0.2) is 34.7 Å². The Labute approximate surface area is 128 Å². The van der Waals surface area contributed by atoms with Gasteiger partial charge in [0.1, 0.15) is 5.75 Å². The lowest BCUT2D eigenvalue weighted by Gasteiger charge is -2.07. The van der Waals surface area contributed by atoms with Crippen LogP contribution in [0.1, 0.15) is 17.3 Å². The molecule has 0 saturated heterocycles. The maximum Gasteiger partial charge on any atom is 0.308 e. The lowest BCUT2D eigenvalue weighted by atomic mass is 10.2. The molecule has 0 bridgehead atoms. The van der Waals surface area contributed by atoms with Gasteiger partial charge in [-0.3, -0.25) is 14.9 Å². The van der Waals surface area contributed by atoms with Gasteiger partial charge in [-0.2, -0.15) is 10.5 Å². The first-order valence-electron chi connectivity index (χ1n) is 5.97. The van der Waals surface area contributed by atoms with E-state index in [1.54, 1.807) is 30.5 Å². The number of thiazole rings is 1. The van der Waals surface area contributed by atoms with E-state index in [9.17, 15) is 9.59 Å². The Kier molecular flexibility index (Phi) is 4.87. The topological polar surface area (TPSA) is 68.3 Å². The Morgan fingerprint density at radius 3 is 2.71 bits per heavy atom. The molecule has 0 radical (unpaired) electrons. The van der Waals surface area contributed by atoms with Gasteiger partial charge in [0.15, 0.2) is 5.13 Å². The molecule has 110 valence electrons. The Balaban J connectivity index is 2.19. The molecule has 2 aromatic rings. The van der Waals surface area contributed by atoms with E-state index >= 15 is 0 Å². The van der Waals surface area contributed by atoms with Gasteiger partial charge in [0.25, 0.3) is 5.91 Å². The molecule has 7 heteroatoms. The quantitative estimate of drug-likeness (QED) is 0.534. The molecule has 5 nitrogen and oxygen atoms in total. The van der Waals surface area contributed by atoms with E-state index in [1.165, 1.54) is 18.3 Å².